The van der Waals surface area contributed by atoms with Gasteiger partial charge in [-0.05, 0) is 77.1 Å². The maximum Gasteiger partial charge on any atom is 0.0429 e. The van der Waals surface area contributed by atoms with Crippen LogP contribution in [0.3, 0.4) is 0 Å². The van der Waals surface area contributed by atoms with Gasteiger partial charge in [-0.25, -0.2) is 0 Å². The Morgan fingerprint density at radius 3 is 2.04 bits per heavy atom. The van der Waals surface area contributed by atoms with Crippen molar-refractivity contribution in [3.05, 3.63) is 58.7 Å². The van der Waals surface area contributed by atoms with Crippen molar-refractivity contribution in [2.45, 2.75) is 60.4 Å². The first-order chi connectivity index (χ1) is 12.9. The van der Waals surface area contributed by atoms with Gasteiger partial charge in [0.2, 0.25) is 0 Å². The summed E-state index contributed by atoms with van der Waals surface area (Å²) in [5.41, 5.74) is 5.81. The maximum absolute atomic E-state index is 7.98. The van der Waals surface area contributed by atoms with E-state index in [4.69, 9.17) is 4.11 Å². The molecule has 0 atom stereocenters. The largest absolute Gasteiger partial charge is 0.385 e. The number of hydrogen-bond acceptors (Lipinski definition) is 2. The number of nitrogens with one attached hydrogen (secondary N) is 1. The van der Waals surface area contributed by atoms with Crippen molar-refractivity contribution in [1.82, 2.24) is 0 Å². The standard InChI is InChI=1S/C23H34N2/c1-17-11-8-12-18(2)21(17)24-15-10-16-25(23(5,6)7)22-19(3)13-9-14-20(22)4/h8-9,11-14,24H,10,15-16H2,1-7H3/i3D3. The Labute approximate surface area is 158 Å². The molecule has 25 heavy (non-hydrogen) atoms. The van der Waals surface area contributed by atoms with Gasteiger partial charge < -0.3 is 10.2 Å². The predicted molar refractivity (Wildman–Crippen MR) is 112 cm³/mol. The van der Waals surface area contributed by atoms with E-state index in [-0.39, 0.29) is 5.54 Å². The van der Waals surface area contributed by atoms with Gasteiger partial charge in [0.25, 0.3) is 0 Å². The predicted octanol–water partition coefficient (Wildman–Crippen LogP) is 6.03. The lowest BCUT2D eigenvalue weighted by atomic mass is 9.99. The minimum atomic E-state index is -2.12. The molecular formula is C23H34N2. The van der Waals surface area contributed by atoms with Gasteiger partial charge in [-0.15, -0.1) is 0 Å². The van der Waals surface area contributed by atoms with E-state index in [1.807, 2.05) is 19.1 Å². The average Bonchev–Trinajstić information content (AvgIpc) is 2.55. The molecule has 0 bridgehead atoms. The van der Waals surface area contributed by atoms with Crippen LogP contribution >= 0.6 is 0 Å². The molecule has 2 aromatic carbocycles. The molecule has 0 fully saturated rings. The molecule has 2 nitrogen and oxygen atoms in total. The van der Waals surface area contributed by atoms with Crippen LogP contribution in [-0.2, 0) is 0 Å². The number of nitrogens with zero attached hydrogens (tertiary/aromatic N) is 1. The molecule has 0 aliphatic carbocycles. The van der Waals surface area contributed by atoms with Crippen molar-refractivity contribution in [1.29, 1.82) is 0 Å². The summed E-state index contributed by atoms with van der Waals surface area (Å²) in [4.78, 5) is 2.25. The quantitative estimate of drug-likeness (QED) is 0.646. The summed E-state index contributed by atoms with van der Waals surface area (Å²) in [5.74, 6) is 0. The van der Waals surface area contributed by atoms with Crippen molar-refractivity contribution in [3.63, 3.8) is 0 Å². The van der Waals surface area contributed by atoms with Crippen LogP contribution in [0.2, 0.25) is 0 Å². The van der Waals surface area contributed by atoms with Gasteiger partial charge in [-0.2, -0.15) is 0 Å². The van der Waals surface area contributed by atoms with E-state index in [2.05, 4.69) is 63.0 Å². The number of para-hydroxylation sites is 2. The van der Waals surface area contributed by atoms with Gasteiger partial charge in [0.1, 0.15) is 0 Å². The molecule has 0 saturated carbocycles. The van der Waals surface area contributed by atoms with Crippen molar-refractivity contribution in [2.75, 3.05) is 23.3 Å². The van der Waals surface area contributed by atoms with E-state index < -0.39 is 6.85 Å². The molecule has 0 aromatic heterocycles. The molecule has 136 valence electrons. The minimum Gasteiger partial charge on any atom is -0.385 e. The smallest absolute Gasteiger partial charge is 0.0429 e. The molecular weight excluding hydrogens is 304 g/mol. The summed E-state index contributed by atoms with van der Waals surface area (Å²) in [7, 11) is 0. The van der Waals surface area contributed by atoms with E-state index in [9.17, 15) is 0 Å². The summed E-state index contributed by atoms with van der Waals surface area (Å²) >= 11 is 0. The van der Waals surface area contributed by atoms with E-state index in [0.717, 1.165) is 30.8 Å². The first kappa shape index (κ1) is 15.3. The number of hydrogen-bond donors (Lipinski definition) is 1. The molecule has 2 heteroatoms. The summed E-state index contributed by atoms with van der Waals surface area (Å²) in [6.45, 7) is 12.2. The fourth-order valence-electron chi connectivity index (χ4n) is 3.34. The highest BCUT2D eigenvalue weighted by molar-refractivity contribution is 5.60. The Morgan fingerprint density at radius 2 is 1.48 bits per heavy atom. The molecule has 0 unspecified atom stereocenters. The number of rotatable bonds is 6. The molecule has 0 heterocycles. The van der Waals surface area contributed by atoms with Crippen LogP contribution in [0.4, 0.5) is 11.4 Å². The van der Waals surface area contributed by atoms with Crippen LogP contribution in [-0.4, -0.2) is 18.6 Å². The van der Waals surface area contributed by atoms with Crippen molar-refractivity contribution >= 4 is 11.4 Å². The number of anilines is 2. The highest BCUT2D eigenvalue weighted by Crippen LogP contribution is 2.30. The Morgan fingerprint density at radius 1 is 0.920 bits per heavy atom. The normalized spacial score (nSPS) is 13.8. The second-order valence-electron chi connectivity index (χ2n) is 7.84. The zero-order chi connectivity index (χ0) is 21.1. The second-order valence-corrected chi connectivity index (χ2v) is 7.84. The first-order valence-electron chi connectivity index (χ1n) is 10.6. The lowest BCUT2D eigenvalue weighted by molar-refractivity contribution is 0.497. The topological polar surface area (TPSA) is 15.3 Å². The molecule has 2 aromatic rings. The number of aryl methyl sites for hydroxylation is 4. The fourth-order valence-corrected chi connectivity index (χ4v) is 3.34. The Hall–Kier alpha value is -1.96. The van der Waals surface area contributed by atoms with E-state index >= 15 is 0 Å². The molecule has 0 radical (unpaired) electrons. The summed E-state index contributed by atoms with van der Waals surface area (Å²) < 4.78 is 23.9. The average molecular weight is 342 g/mol. The van der Waals surface area contributed by atoms with Crippen molar-refractivity contribution in [3.8, 4) is 0 Å². The molecule has 0 aliphatic heterocycles. The van der Waals surface area contributed by atoms with E-state index in [1.165, 1.54) is 16.8 Å². The highest BCUT2D eigenvalue weighted by atomic mass is 15.2. The SMILES string of the molecule is [2H]C([2H])([2H])c1cccc(C)c1N(CCCNc1c(C)cccc1C)C(C)(C)C. The van der Waals surface area contributed by atoms with Gasteiger partial charge in [-0.3, -0.25) is 0 Å². The Balaban J connectivity index is 2.21. The molecule has 0 amide bonds. The maximum atomic E-state index is 7.98. The van der Waals surface area contributed by atoms with Crippen molar-refractivity contribution < 1.29 is 4.11 Å². The lowest BCUT2D eigenvalue weighted by Gasteiger charge is -2.40. The van der Waals surface area contributed by atoms with Crippen LogP contribution in [0.25, 0.3) is 0 Å². The molecule has 1 N–H and O–H groups in total. The van der Waals surface area contributed by atoms with Crippen molar-refractivity contribution in [2.24, 2.45) is 0 Å². The molecule has 0 saturated heterocycles. The minimum absolute atomic E-state index is 0.176. The summed E-state index contributed by atoms with van der Waals surface area (Å²) in [6, 6.07) is 11.9. The highest BCUT2D eigenvalue weighted by Gasteiger charge is 2.23. The van der Waals surface area contributed by atoms with E-state index in [0.29, 0.717) is 5.56 Å². The van der Waals surface area contributed by atoms with Crippen LogP contribution < -0.4 is 10.2 Å². The van der Waals surface area contributed by atoms with Crippen LogP contribution in [0.5, 0.6) is 0 Å². The fraction of sp³-hybridized carbons (Fsp3) is 0.478. The van der Waals surface area contributed by atoms with Crippen LogP contribution in [0, 0.1) is 27.6 Å². The van der Waals surface area contributed by atoms with Crippen LogP contribution in [0.15, 0.2) is 36.4 Å². The molecule has 0 aliphatic rings. The van der Waals surface area contributed by atoms with Gasteiger partial charge in [0.15, 0.2) is 0 Å². The zero-order valence-corrected chi connectivity index (χ0v) is 16.5. The van der Waals surface area contributed by atoms with Crippen LogP contribution in [0.1, 0.15) is 53.6 Å². The Kier molecular flexibility index (Phi) is 4.87. The van der Waals surface area contributed by atoms with Gasteiger partial charge in [0, 0.05) is 34.1 Å². The first-order valence-corrected chi connectivity index (χ1v) is 9.11. The van der Waals surface area contributed by atoms with Gasteiger partial charge >= 0.3 is 0 Å². The van der Waals surface area contributed by atoms with Gasteiger partial charge in [-0.1, -0.05) is 36.4 Å². The molecule has 2 rings (SSSR count). The number of benzene rings is 2. The van der Waals surface area contributed by atoms with Gasteiger partial charge in [0.05, 0.1) is 0 Å². The monoisotopic (exact) mass is 341 g/mol. The summed E-state index contributed by atoms with van der Waals surface area (Å²) in [5, 5.41) is 3.56. The second kappa shape index (κ2) is 7.95. The Bertz CT molecular complexity index is 784. The third-order valence-corrected chi connectivity index (χ3v) is 4.66. The third kappa shape index (κ3) is 4.78. The zero-order valence-electron chi connectivity index (χ0n) is 19.5. The van der Waals surface area contributed by atoms with E-state index in [1.54, 1.807) is 6.07 Å². The summed E-state index contributed by atoms with van der Waals surface area (Å²) in [6.07, 6.45) is 0.916. The third-order valence-electron chi connectivity index (χ3n) is 4.66. The lowest BCUT2D eigenvalue weighted by Crippen LogP contribution is -2.43. The molecule has 0 spiro atoms.